The zero-order valence-corrected chi connectivity index (χ0v) is 29.3. The van der Waals surface area contributed by atoms with Crippen molar-refractivity contribution < 1.29 is 24.8 Å². The third-order valence-electron chi connectivity index (χ3n) is 9.01. The van der Waals surface area contributed by atoms with Crippen molar-refractivity contribution in [1.29, 1.82) is 0 Å². The van der Waals surface area contributed by atoms with Crippen LogP contribution in [0.1, 0.15) is 69.7 Å². The largest absolute Gasteiger partial charge is 3.00 e. The van der Waals surface area contributed by atoms with E-state index in [1.165, 1.54) is 45.7 Å². The van der Waals surface area contributed by atoms with Gasteiger partial charge in [-0.05, 0) is 72.4 Å². The summed E-state index contributed by atoms with van der Waals surface area (Å²) in [4.78, 5) is 0. The van der Waals surface area contributed by atoms with Crippen molar-refractivity contribution in [3.8, 4) is 0 Å². The Morgan fingerprint density at radius 1 is 0.833 bits per heavy atom. The van der Waals surface area contributed by atoms with E-state index in [1.54, 1.807) is 0 Å². The zero-order chi connectivity index (χ0) is 26.8. The molecular formula is C39H47IrOP+. The number of rotatable bonds is 6. The first kappa shape index (κ1) is 34.3. The normalized spacial score (nSPS) is 22.9. The Labute approximate surface area is 270 Å². The van der Waals surface area contributed by atoms with E-state index < -0.39 is 7.92 Å². The summed E-state index contributed by atoms with van der Waals surface area (Å²) in [6.07, 6.45) is 14.6. The van der Waals surface area contributed by atoms with Crippen LogP contribution in [0, 0.1) is 38.7 Å². The summed E-state index contributed by atoms with van der Waals surface area (Å²) < 4.78 is 7.12. The Morgan fingerprint density at radius 3 is 2.10 bits per heavy atom. The maximum Gasteiger partial charge on any atom is 3.00 e. The minimum Gasteiger partial charge on any atom is -0.509 e. The van der Waals surface area contributed by atoms with Crippen LogP contribution >= 0.6 is 7.92 Å². The molecule has 0 saturated heterocycles. The molecule has 6 rings (SSSR count). The molecule has 42 heavy (non-hydrogen) atoms. The quantitative estimate of drug-likeness (QED) is 0.180. The fraction of sp³-hybridized carbons (Fsp3) is 0.333. The molecule has 1 saturated carbocycles. The van der Waals surface area contributed by atoms with E-state index in [1.807, 2.05) is 0 Å². The molecule has 3 heteroatoms. The van der Waals surface area contributed by atoms with E-state index in [-0.39, 0.29) is 41.1 Å². The second kappa shape index (κ2) is 15.5. The molecule has 3 aromatic carbocycles. The molecule has 0 N–H and O–H groups in total. The van der Waals surface area contributed by atoms with Crippen LogP contribution in [0.15, 0.2) is 108 Å². The predicted molar refractivity (Wildman–Crippen MR) is 181 cm³/mol. The molecule has 0 bridgehead atoms. The number of hydrogen-bond donors (Lipinski definition) is 0. The van der Waals surface area contributed by atoms with Gasteiger partial charge in [-0.3, -0.25) is 0 Å². The van der Waals surface area contributed by atoms with Gasteiger partial charge in [0, 0.05) is 5.76 Å². The van der Waals surface area contributed by atoms with Gasteiger partial charge < -0.3 is 19.6 Å². The Morgan fingerprint density at radius 2 is 1.45 bits per heavy atom. The molecule has 1 nitrogen and oxygen atoms in total. The standard InChI is InChI=1S/C37H40OP.2CH3.Ir/c1-26(2)31-23-22-27(3)24-35(31)38-36-25-28-14-10-11-19-32(28)37(34-21-13-12-20-33(34)36)39(29-15-6-4-7-16-29)30-17-8-5-9-18-30;;;/h4-10,12-18,20-21,26-27,31,35,37H,11,19,22-24H2,1-3H3;2*1H3;/q3*-1;+3/p+1. The average molecular weight is 755 g/mol. The summed E-state index contributed by atoms with van der Waals surface area (Å²) in [5.41, 5.74) is 5.74. The van der Waals surface area contributed by atoms with Crippen molar-refractivity contribution in [2.75, 3.05) is 0 Å². The first-order valence-corrected chi connectivity index (χ1v) is 16.4. The molecule has 0 heterocycles. The van der Waals surface area contributed by atoms with Crippen LogP contribution < -0.4 is 10.6 Å². The van der Waals surface area contributed by atoms with Crippen molar-refractivity contribution in [3.63, 3.8) is 0 Å². The molecule has 3 aliphatic carbocycles. The van der Waals surface area contributed by atoms with Gasteiger partial charge in [0.15, 0.2) is 0 Å². The van der Waals surface area contributed by atoms with Crippen molar-refractivity contribution in [2.24, 2.45) is 17.8 Å². The van der Waals surface area contributed by atoms with Gasteiger partial charge in [-0.25, -0.2) is 0 Å². The Bertz CT molecular complexity index is 1330. The van der Waals surface area contributed by atoms with Gasteiger partial charge in [-0.1, -0.05) is 106 Å². The zero-order valence-electron chi connectivity index (χ0n) is 25.9. The third kappa shape index (κ3) is 7.10. The molecule has 222 valence electrons. The maximum absolute atomic E-state index is 7.12. The number of ether oxygens (including phenoxy) is 1. The van der Waals surface area contributed by atoms with E-state index in [9.17, 15) is 0 Å². The second-order valence-electron chi connectivity index (χ2n) is 12.0. The van der Waals surface area contributed by atoms with Crippen molar-refractivity contribution >= 4 is 24.3 Å². The van der Waals surface area contributed by atoms with Crippen LogP contribution in [-0.4, -0.2) is 6.10 Å². The van der Waals surface area contributed by atoms with Gasteiger partial charge >= 0.3 is 20.1 Å². The van der Waals surface area contributed by atoms with Crippen molar-refractivity contribution in [2.45, 2.75) is 64.6 Å². The topological polar surface area (TPSA) is 9.23 Å². The molecule has 0 radical (unpaired) electrons. The molecule has 0 aromatic heterocycles. The maximum atomic E-state index is 7.12. The molecule has 0 aliphatic heterocycles. The number of allylic oxidation sites excluding steroid dienone is 5. The molecule has 1 fully saturated rings. The van der Waals surface area contributed by atoms with Gasteiger partial charge in [0.1, 0.15) is 0 Å². The molecule has 3 aromatic rings. The number of fused-ring (bicyclic) bond motifs is 1. The van der Waals surface area contributed by atoms with Crippen molar-refractivity contribution in [3.05, 3.63) is 140 Å². The molecule has 0 spiro atoms. The van der Waals surface area contributed by atoms with Gasteiger partial charge in [0.05, 0.1) is 30.3 Å². The molecule has 4 atom stereocenters. The SMILES string of the molecule is CC1CCC(C(C)C)C(OC2=[C-]C3=C(CCC=C3)C([PH+](c3ccccc3)c3ccccc3)c3ccccc32)C1.[CH3-].[CH3-].[Ir+3]. The number of benzene rings is 3. The fourth-order valence-corrected chi connectivity index (χ4v) is 10.3. The Balaban J connectivity index is 0.00000161. The van der Waals surface area contributed by atoms with Crippen LogP contribution in [0.25, 0.3) is 5.76 Å². The summed E-state index contributed by atoms with van der Waals surface area (Å²) in [5, 5.41) is 2.92. The van der Waals surface area contributed by atoms with Crippen LogP contribution in [0.2, 0.25) is 0 Å². The Hall–Kier alpha value is -2.24. The minimum atomic E-state index is -1.19. The fourth-order valence-electron chi connectivity index (χ4n) is 7.00. The summed E-state index contributed by atoms with van der Waals surface area (Å²) in [5.74, 6) is 2.87. The summed E-state index contributed by atoms with van der Waals surface area (Å²) >= 11 is 0. The minimum absolute atomic E-state index is 0. The monoisotopic (exact) mass is 755 g/mol. The van der Waals surface area contributed by atoms with Gasteiger partial charge in [0.2, 0.25) is 0 Å². The summed E-state index contributed by atoms with van der Waals surface area (Å²) in [7, 11) is -1.19. The van der Waals surface area contributed by atoms with E-state index in [0.29, 0.717) is 23.4 Å². The van der Waals surface area contributed by atoms with Gasteiger partial charge in [-0.2, -0.15) is 0 Å². The first-order chi connectivity index (χ1) is 19.1. The van der Waals surface area contributed by atoms with E-state index in [2.05, 4.69) is 124 Å². The molecule has 4 unspecified atom stereocenters. The second-order valence-corrected chi connectivity index (χ2v) is 14.5. The molecule has 0 amide bonds. The van der Waals surface area contributed by atoms with Gasteiger partial charge in [0.25, 0.3) is 0 Å². The van der Waals surface area contributed by atoms with E-state index in [4.69, 9.17) is 4.74 Å². The van der Waals surface area contributed by atoms with Crippen LogP contribution in [0.3, 0.4) is 0 Å². The van der Waals surface area contributed by atoms with Crippen molar-refractivity contribution in [1.82, 2.24) is 0 Å². The smallest absolute Gasteiger partial charge is 0.509 e. The van der Waals surface area contributed by atoms with E-state index in [0.717, 1.165) is 25.0 Å². The van der Waals surface area contributed by atoms with Crippen LogP contribution in [0.4, 0.5) is 0 Å². The van der Waals surface area contributed by atoms with Gasteiger partial charge in [-0.15, -0.1) is 17.7 Å². The summed E-state index contributed by atoms with van der Waals surface area (Å²) in [6.45, 7) is 7.12. The first-order valence-electron chi connectivity index (χ1n) is 14.9. The van der Waals surface area contributed by atoms with Crippen LogP contribution in [0.5, 0.6) is 0 Å². The number of hydrogen-bond acceptors (Lipinski definition) is 1. The van der Waals surface area contributed by atoms with E-state index >= 15 is 0 Å². The Kier molecular flexibility index (Phi) is 12.6. The molecular weight excluding hydrogens is 708 g/mol. The third-order valence-corrected chi connectivity index (χ3v) is 12.2. The summed E-state index contributed by atoms with van der Waals surface area (Å²) in [6, 6.07) is 31.6. The average Bonchev–Trinajstić information content (AvgIpc) is 3.09. The predicted octanol–water partition coefficient (Wildman–Crippen LogP) is 9.77. The van der Waals surface area contributed by atoms with Crippen LogP contribution in [-0.2, 0) is 24.8 Å². The molecule has 3 aliphatic rings.